The lowest BCUT2D eigenvalue weighted by Crippen LogP contribution is -2.39. The Labute approximate surface area is 131 Å². The summed E-state index contributed by atoms with van der Waals surface area (Å²) in [6, 6.07) is 1.77. The highest BCUT2D eigenvalue weighted by Crippen LogP contribution is 2.20. The van der Waals surface area contributed by atoms with Crippen molar-refractivity contribution in [2.24, 2.45) is 5.92 Å². The second kappa shape index (κ2) is 7.69. The van der Waals surface area contributed by atoms with Crippen LogP contribution in [0.2, 0.25) is 0 Å². The fourth-order valence-electron chi connectivity index (χ4n) is 2.59. The van der Waals surface area contributed by atoms with E-state index in [9.17, 15) is 8.42 Å². The van der Waals surface area contributed by atoms with Gasteiger partial charge in [0.25, 0.3) is 0 Å². The third-order valence-corrected chi connectivity index (χ3v) is 6.26. The third-order valence-electron chi connectivity index (χ3n) is 3.77. The maximum Gasteiger partial charge on any atom is 0.241 e. The van der Waals surface area contributed by atoms with Crippen molar-refractivity contribution in [1.82, 2.24) is 14.9 Å². The Morgan fingerprint density at radius 1 is 1.48 bits per heavy atom. The van der Waals surface area contributed by atoms with E-state index in [1.807, 2.05) is 6.92 Å². The van der Waals surface area contributed by atoms with Crippen molar-refractivity contribution in [3.63, 3.8) is 0 Å². The van der Waals surface area contributed by atoms with Crippen molar-refractivity contribution in [2.75, 3.05) is 33.2 Å². The molecule has 0 bridgehead atoms. The van der Waals surface area contributed by atoms with Crippen molar-refractivity contribution in [1.29, 1.82) is 0 Å². The zero-order chi connectivity index (χ0) is 15.3. The second-order valence-corrected chi connectivity index (χ2v) is 8.41. The van der Waals surface area contributed by atoms with Gasteiger partial charge in [-0.3, -0.25) is 0 Å². The van der Waals surface area contributed by atoms with Gasteiger partial charge in [-0.15, -0.1) is 11.3 Å². The molecule has 0 spiro atoms. The lowest BCUT2D eigenvalue weighted by Gasteiger charge is -2.29. The van der Waals surface area contributed by atoms with Crippen molar-refractivity contribution in [2.45, 2.75) is 31.2 Å². The minimum Gasteiger partial charge on any atom is -0.312 e. The summed E-state index contributed by atoms with van der Waals surface area (Å²) in [5, 5.41) is 4.93. The van der Waals surface area contributed by atoms with Gasteiger partial charge < -0.3 is 10.2 Å². The Kier molecular flexibility index (Phi) is 6.19. The van der Waals surface area contributed by atoms with Gasteiger partial charge in [-0.25, -0.2) is 13.1 Å². The van der Waals surface area contributed by atoms with Crippen LogP contribution in [0.5, 0.6) is 0 Å². The molecule has 2 N–H and O–H groups in total. The van der Waals surface area contributed by atoms with Gasteiger partial charge in [-0.05, 0) is 45.0 Å². The Morgan fingerprint density at radius 2 is 2.29 bits per heavy atom. The summed E-state index contributed by atoms with van der Waals surface area (Å²) in [7, 11) is -1.28. The zero-order valence-electron chi connectivity index (χ0n) is 12.8. The molecule has 1 atom stereocenters. The molecule has 0 amide bonds. The van der Waals surface area contributed by atoms with E-state index < -0.39 is 10.0 Å². The summed E-state index contributed by atoms with van der Waals surface area (Å²) in [5.74, 6) is 0.415. The van der Waals surface area contributed by atoms with E-state index in [2.05, 4.69) is 22.0 Å². The number of likely N-dealkylation sites (tertiary alicyclic amines) is 1. The number of hydrogen-bond acceptors (Lipinski definition) is 5. The number of thiophene rings is 1. The smallest absolute Gasteiger partial charge is 0.241 e. The summed E-state index contributed by atoms with van der Waals surface area (Å²) < 4.78 is 27.4. The van der Waals surface area contributed by atoms with E-state index >= 15 is 0 Å². The predicted molar refractivity (Wildman–Crippen MR) is 87.1 cm³/mol. The number of rotatable bonds is 7. The van der Waals surface area contributed by atoms with Gasteiger partial charge in [0.15, 0.2) is 0 Å². The third kappa shape index (κ3) is 5.03. The monoisotopic (exact) mass is 331 g/mol. The molecule has 21 heavy (non-hydrogen) atoms. The summed E-state index contributed by atoms with van der Waals surface area (Å²) in [4.78, 5) is 3.71. The fourth-order valence-corrected chi connectivity index (χ4v) is 4.95. The van der Waals surface area contributed by atoms with Crippen LogP contribution in [0.4, 0.5) is 0 Å². The zero-order valence-corrected chi connectivity index (χ0v) is 14.4. The van der Waals surface area contributed by atoms with Crippen molar-refractivity contribution in [3.05, 3.63) is 16.3 Å². The van der Waals surface area contributed by atoms with Gasteiger partial charge in [0.05, 0.1) is 4.90 Å². The number of nitrogens with zero attached hydrogens (tertiary/aromatic N) is 1. The van der Waals surface area contributed by atoms with Gasteiger partial charge in [-0.1, -0.05) is 6.92 Å². The van der Waals surface area contributed by atoms with Crippen molar-refractivity contribution < 1.29 is 8.42 Å². The van der Waals surface area contributed by atoms with Crippen LogP contribution in [0.15, 0.2) is 16.3 Å². The average Bonchev–Trinajstić information content (AvgIpc) is 2.93. The van der Waals surface area contributed by atoms with Crippen molar-refractivity contribution >= 4 is 21.4 Å². The Morgan fingerprint density at radius 3 is 3.00 bits per heavy atom. The van der Waals surface area contributed by atoms with Crippen LogP contribution < -0.4 is 10.0 Å². The topological polar surface area (TPSA) is 61.4 Å². The van der Waals surface area contributed by atoms with Crippen LogP contribution in [0, 0.1) is 5.92 Å². The lowest BCUT2D eigenvalue weighted by molar-refractivity contribution is 0.211. The van der Waals surface area contributed by atoms with E-state index in [1.165, 1.54) is 11.3 Å². The molecular formula is C14H25N3O2S2. The molecule has 5 nitrogen and oxygen atoms in total. The average molecular weight is 332 g/mol. The van der Waals surface area contributed by atoms with E-state index in [1.54, 1.807) is 11.4 Å². The fraction of sp³-hybridized carbons (Fsp3) is 0.714. The predicted octanol–water partition coefficient (Wildman–Crippen LogP) is 1.48. The van der Waals surface area contributed by atoms with Gasteiger partial charge in [0.1, 0.15) is 0 Å². The van der Waals surface area contributed by atoms with Crippen LogP contribution in [0.25, 0.3) is 0 Å². The van der Waals surface area contributed by atoms with Crippen LogP contribution in [0.3, 0.4) is 0 Å². The van der Waals surface area contributed by atoms with Gasteiger partial charge >= 0.3 is 0 Å². The first kappa shape index (κ1) is 16.9. The van der Waals surface area contributed by atoms with E-state index in [0.29, 0.717) is 17.4 Å². The lowest BCUT2D eigenvalue weighted by atomic mass is 9.99. The van der Waals surface area contributed by atoms with Gasteiger partial charge in [0.2, 0.25) is 10.0 Å². The highest BCUT2D eigenvalue weighted by Gasteiger charge is 2.21. The highest BCUT2D eigenvalue weighted by molar-refractivity contribution is 7.89. The van der Waals surface area contributed by atoms with Crippen LogP contribution >= 0.6 is 11.3 Å². The number of nitrogens with one attached hydrogen (secondary N) is 2. The molecule has 1 fully saturated rings. The molecule has 1 unspecified atom stereocenters. The maximum absolute atomic E-state index is 12.3. The van der Waals surface area contributed by atoms with E-state index in [-0.39, 0.29) is 0 Å². The first-order chi connectivity index (χ1) is 10.0. The van der Waals surface area contributed by atoms with E-state index in [4.69, 9.17) is 0 Å². The SMILES string of the molecule is CCNCc1cc(S(=O)(=O)NCC2CCCN(C)C2)cs1. The maximum atomic E-state index is 12.3. The largest absolute Gasteiger partial charge is 0.312 e. The molecule has 2 rings (SSSR count). The Bertz CT molecular complexity index is 542. The molecule has 0 saturated carbocycles. The molecule has 1 aliphatic rings. The minimum atomic E-state index is -3.37. The molecule has 0 aromatic carbocycles. The standard InChI is InChI=1S/C14H25N3O2S2/c1-3-15-9-13-7-14(11-20-13)21(18,19)16-8-12-5-4-6-17(2)10-12/h7,11-12,15-16H,3-6,8-10H2,1-2H3. The van der Waals surface area contributed by atoms with Crippen LogP contribution in [0.1, 0.15) is 24.6 Å². The minimum absolute atomic E-state index is 0.393. The molecule has 2 heterocycles. The summed E-state index contributed by atoms with van der Waals surface area (Å²) in [5.41, 5.74) is 0. The summed E-state index contributed by atoms with van der Waals surface area (Å²) in [6.45, 7) is 6.26. The number of sulfonamides is 1. The van der Waals surface area contributed by atoms with E-state index in [0.717, 1.165) is 43.9 Å². The molecule has 0 aliphatic carbocycles. The first-order valence-electron chi connectivity index (χ1n) is 7.47. The van der Waals surface area contributed by atoms with Crippen LogP contribution in [-0.4, -0.2) is 46.5 Å². The Hall–Kier alpha value is -0.470. The molecule has 1 aromatic heterocycles. The van der Waals surface area contributed by atoms with Gasteiger partial charge in [0, 0.05) is 29.9 Å². The first-order valence-corrected chi connectivity index (χ1v) is 9.84. The quantitative estimate of drug-likeness (QED) is 0.794. The number of hydrogen-bond donors (Lipinski definition) is 2. The molecule has 1 aromatic rings. The highest BCUT2D eigenvalue weighted by atomic mass is 32.2. The number of piperidine rings is 1. The molecule has 1 saturated heterocycles. The Balaban J connectivity index is 1.90. The molecule has 7 heteroatoms. The van der Waals surface area contributed by atoms with Gasteiger partial charge in [-0.2, -0.15) is 0 Å². The molecular weight excluding hydrogens is 306 g/mol. The summed E-state index contributed by atoms with van der Waals surface area (Å²) in [6.07, 6.45) is 2.25. The molecule has 120 valence electrons. The second-order valence-electron chi connectivity index (χ2n) is 5.65. The molecule has 0 radical (unpaired) electrons. The normalized spacial score (nSPS) is 20.8. The summed E-state index contributed by atoms with van der Waals surface area (Å²) >= 11 is 1.49. The molecule has 1 aliphatic heterocycles. The van der Waals surface area contributed by atoms with Crippen molar-refractivity contribution in [3.8, 4) is 0 Å². The van der Waals surface area contributed by atoms with Crippen LogP contribution in [-0.2, 0) is 16.6 Å².